The minimum atomic E-state index is -0.207. The van der Waals surface area contributed by atoms with Crippen molar-refractivity contribution < 1.29 is 9.18 Å². The lowest BCUT2D eigenvalue weighted by atomic mass is 9.85. The van der Waals surface area contributed by atoms with Gasteiger partial charge in [-0.1, -0.05) is 25.1 Å². The molecule has 0 aliphatic carbocycles. The number of nitrogens with one attached hydrogen (secondary N) is 2. The van der Waals surface area contributed by atoms with Gasteiger partial charge < -0.3 is 9.47 Å². The number of nitrogens with zero attached hydrogens (tertiary/aromatic N) is 3. The Hall–Kier alpha value is -2.25. The number of hydrogen-bond donors (Lipinski definition) is 2. The van der Waals surface area contributed by atoms with Crippen molar-refractivity contribution in [2.75, 3.05) is 13.1 Å². The smallest absolute Gasteiger partial charge is 0.242 e. The molecule has 2 fully saturated rings. The third kappa shape index (κ3) is 3.12. The largest absolute Gasteiger partial charge is 0.341 e. The second-order valence-electron chi connectivity index (χ2n) is 7.01. The molecular weight excluding hydrogens is 333 g/mol. The molecule has 26 heavy (non-hydrogen) atoms. The number of amides is 1. The van der Waals surface area contributed by atoms with Crippen LogP contribution in [0, 0.1) is 11.7 Å². The van der Waals surface area contributed by atoms with Crippen molar-refractivity contribution >= 4 is 5.91 Å². The highest BCUT2D eigenvalue weighted by Gasteiger charge is 2.42. The summed E-state index contributed by atoms with van der Waals surface area (Å²) >= 11 is 0. The van der Waals surface area contributed by atoms with Gasteiger partial charge in [0.05, 0.1) is 6.04 Å². The summed E-state index contributed by atoms with van der Waals surface area (Å²) in [7, 11) is 0. The van der Waals surface area contributed by atoms with E-state index in [1.165, 1.54) is 6.07 Å². The summed E-state index contributed by atoms with van der Waals surface area (Å²) < 4.78 is 16.1. The topological polar surface area (TPSA) is 62.2 Å². The summed E-state index contributed by atoms with van der Waals surface area (Å²) in [5.74, 6) is 0.955. The molecule has 3 heterocycles. The summed E-state index contributed by atoms with van der Waals surface area (Å²) in [5, 5.41) is 0. The first kappa shape index (κ1) is 17.2. The van der Waals surface area contributed by atoms with Crippen LogP contribution >= 0.6 is 0 Å². The number of hydrazine groups is 1. The second kappa shape index (κ2) is 7.17. The molecule has 1 amide bonds. The number of aromatic nitrogens is 2. The fourth-order valence-electron chi connectivity index (χ4n) is 4.11. The number of carbonyl (C=O) groups excluding carboxylic acids is 1. The number of carbonyl (C=O) groups is 1. The number of likely N-dealkylation sites (tertiary alicyclic amines) is 1. The average Bonchev–Trinajstić information content (AvgIpc) is 3.28. The summed E-state index contributed by atoms with van der Waals surface area (Å²) in [4.78, 5) is 19.0. The number of hydrogen-bond acceptors (Lipinski definition) is 4. The molecular formula is C19H24FN5O. The first-order chi connectivity index (χ1) is 12.7. The first-order valence-corrected chi connectivity index (χ1v) is 9.20. The van der Waals surface area contributed by atoms with Crippen molar-refractivity contribution in [1.82, 2.24) is 25.3 Å². The number of benzene rings is 1. The highest BCUT2D eigenvalue weighted by Crippen LogP contribution is 2.34. The Morgan fingerprint density at radius 3 is 3.00 bits per heavy atom. The number of piperidine rings is 1. The molecule has 0 spiro atoms. The Bertz CT molecular complexity index is 792. The van der Waals surface area contributed by atoms with Crippen LogP contribution in [0.25, 0.3) is 0 Å². The Labute approximate surface area is 152 Å². The van der Waals surface area contributed by atoms with E-state index in [0.29, 0.717) is 18.7 Å². The molecule has 0 bridgehead atoms. The van der Waals surface area contributed by atoms with Crippen LogP contribution in [0.3, 0.4) is 0 Å². The van der Waals surface area contributed by atoms with Crippen LogP contribution in [0.4, 0.5) is 4.39 Å². The van der Waals surface area contributed by atoms with Crippen molar-refractivity contribution in [3.8, 4) is 0 Å². The van der Waals surface area contributed by atoms with Crippen molar-refractivity contribution in [3.63, 3.8) is 0 Å². The Balaban J connectivity index is 1.48. The third-order valence-electron chi connectivity index (χ3n) is 5.53. The molecule has 3 atom stereocenters. The van der Waals surface area contributed by atoms with Crippen LogP contribution in [0.15, 0.2) is 36.7 Å². The van der Waals surface area contributed by atoms with E-state index in [2.05, 4.69) is 15.8 Å². The Morgan fingerprint density at radius 2 is 2.19 bits per heavy atom. The maximum atomic E-state index is 14.2. The van der Waals surface area contributed by atoms with E-state index in [1.807, 2.05) is 34.7 Å². The van der Waals surface area contributed by atoms with Gasteiger partial charge in [0.1, 0.15) is 18.2 Å². The van der Waals surface area contributed by atoms with Crippen LogP contribution in [0.5, 0.6) is 0 Å². The van der Waals surface area contributed by atoms with E-state index in [0.717, 1.165) is 25.2 Å². The molecule has 0 radical (unpaired) electrons. The van der Waals surface area contributed by atoms with E-state index in [-0.39, 0.29) is 29.7 Å². The lowest BCUT2D eigenvalue weighted by Gasteiger charge is -2.36. The van der Waals surface area contributed by atoms with Crippen LogP contribution in [-0.2, 0) is 17.8 Å². The molecule has 6 nitrogen and oxygen atoms in total. The van der Waals surface area contributed by atoms with Crippen molar-refractivity contribution in [2.24, 2.45) is 5.92 Å². The molecule has 138 valence electrons. The molecule has 3 unspecified atom stereocenters. The molecule has 4 rings (SSSR count). The minimum Gasteiger partial charge on any atom is -0.341 e. The monoisotopic (exact) mass is 357 g/mol. The van der Waals surface area contributed by atoms with Crippen LogP contribution in [0.2, 0.25) is 0 Å². The van der Waals surface area contributed by atoms with Gasteiger partial charge in [-0.3, -0.25) is 10.2 Å². The van der Waals surface area contributed by atoms with E-state index < -0.39 is 0 Å². The van der Waals surface area contributed by atoms with Gasteiger partial charge in [0.25, 0.3) is 0 Å². The number of rotatable bonds is 4. The molecule has 1 aromatic carbocycles. The third-order valence-corrected chi connectivity index (χ3v) is 5.53. The second-order valence-corrected chi connectivity index (χ2v) is 7.01. The van der Waals surface area contributed by atoms with Crippen LogP contribution < -0.4 is 10.9 Å². The van der Waals surface area contributed by atoms with Gasteiger partial charge in [-0.05, 0) is 12.5 Å². The maximum Gasteiger partial charge on any atom is 0.242 e. The summed E-state index contributed by atoms with van der Waals surface area (Å²) in [6, 6.07) is 6.98. The highest BCUT2D eigenvalue weighted by atomic mass is 19.1. The van der Waals surface area contributed by atoms with E-state index in [4.69, 9.17) is 0 Å². The Kier molecular flexibility index (Phi) is 4.74. The molecule has 2 aliphatic heterocycles. The lowest BCUT2D eigenvalue weighted by Crippen LogP contribution is -2.48. The summed E-state index contributed by atoms with van der Waals surface area (Å²) in [5.41, 5.74) is 7.18. The van der Waals surface area contributed by atoms with Gasteiger partial charge in [-0.2, -0.15) is 0 Å². The molecule has 7 heteroatoms. The van der Waals surface area contributed by atoms with Crippen LogP contribution in [0.1, 0.15) is 30.8 Å². The zero-order valence-corrected chi connectivity index (χ0v) is 14.9. The van der Waals surface area contributed by atoms with E-state index in [1.54, 1.807) is 12.3 Å². The van der Waals surface area contributed by atoms with Gasteiger partial charge in [0, 0.05) is 49.4 Å². The van der Waals surface area contributed by atoms with Crippen molar-refractivity contribution in [1.29, 1.82) is 0 Å². The zero-order chi connectivity index (χ0) is 18.1. The minimum absolute atomic E-state index is 0.0929. The molecule has 0 saturated carbocycles. The standard InChI is InChI=1S/C19H24FN5O/c1-2-17-21-8-10-24(17)12-18(26)25-9-7-16-14(11-25)19(23-22-16)13-5-3-4-6-15(13)20/h3-6,8,10,14,16,19,22-23H,2,7,9,11-12H2,1H3. The number of halogens is 1. The summed E-state index contributed by atoms with van der Waals surface area (Å²) in [6.45, 7) is 3.68. The van der Waals surface area contributed by atoms with E-state index in [9.17, 15) is 9.18 Å². The first-order valence-electron chi connectivity index (χ1n) is 9.20. The summed E-state index contributed by atoms with van der Waals surface area (Å²) in [6.07, 6.45) is 5.24. The van der Waals surface area contributed by atoms with E-state index >= 15 is 0 Å². The number of fused-ring (bicyclic) bond motifs is 1. The molecule has 2 aromatic rings. The predicted octanol–water partition coefficient (Wildman–Crippen LogP) is 1.65. The van der Waals surface area contributed by atoms with Crippen molar-refractivity contribution in [3.05, 3.63) is 53.9 Å². The van der Waals surface area contributed by atoms with Gasteiger partial charge in [-0.15, -0.1) is 0 Å². The van der Waals surface area contributed by atoms with Crippen molar-refractivity contribution in [2.45, 2.75) is 38.4 Å². The molecule has 2 N–H and O–H groups in total. The van der Waals surface area contributed by atoms with Gasteiger partial charge in [0.15, 0.2) is 0 Å². The van der Waals surface area contributed by atoms with Gasteiger partial charge in [-0.25, -0.2) is 14.8 Å². The SMILES string of the molecule is CCc1nccn1CC(=O)N1CCC2NNC(c3ccccc3F)C2C1. The number of aryl methyl sites for hydroxylation is 1. The maximum absolute atomic E-state index is 14.2. The molecule has 2 saturated heterocycles. The average molecular weight is 357 g/mol. The zero-order valence-electron chi connectivity index (χ0n) is 14.9. The van der Waals surface area contributed by atoms with Gasteiger partial charge >= 0.3 is 0 Å². The molecule has 1 aromatic heterocycles. The van der Waals surface area contributed by atoms with Crippen LogP contribution in [-0.4, -0.2) is 39.5 Å². The quantitative estimate of drug-likeness (QED) is 0.874. The number of imidazole rings is 1. The fourth-order valence-corrected chi connectivity index (χ4v) is 4.11. The predicted molar refractivity (Wildman–Crippen MR) is 95.5 cm³/mol. The Morgan fingerprint density at radius 1 is 1.35 bits per heavy atom. The normalized spacial score (nSPS) is 25.3. The highest BCUT2D eigenvalue weighted by molar-refractivity contribution is 5.76. The molecule has 2 aliphatic rings. The lowest BCUT2D eigenvalue weighted by molar-refractivity contribution is -0.133. The van der Waals surface area contributed by atoms with Gasteiger partial charge in [0.2, 0.25) is 5.91 Å². The fraction of sp³-hybridized carbons (Fsp3) is 0.474.